The van der Waals surface area contributed by atoms with E-state index in [2.05, 4.69) is 4.74 Å². The standard InChI is InChI=1S/C9H12F4O/c1-5-2-6(10)9(7(11)3-5)14-4-8(12)13/h4-7,9H,2-3H2,1H3. The lowest BCUT2D eigenvalue weighted by Crippen LogP contribution is -2.40. The lowest BCUT2D eigenvalue weighted by Gasteiger charge is -2.31. The highest BCUT2D eigenvalue weighted by atomic mass is 19.3. The fraction of sp³-hybridized carbons (Fsp3) is 0.778. The summed E-state index contributed by atoms with van der Waals surface area (Å²) >= 11 is 0. The topological polar surface area (TPSA) is 9.23 Å². The van der Waals surface area contributed by atoms with E-state index in [0.717, 1.165) is 0 Å². The van der Waals surface area contributed by atoms with E-state index in [1.165, 1.54) is 0 Å². The van der Waals surface area contributed by atoms with Crippen LogP contribution in [0.3, 0.4) is 0 Å². The van der Waals surface area contributed by atoms with Crippen LogP contribution in [-0.2, 0) is 4.74 Å². The van der Waals surface area contributed by atoms with E-state index in [9.17, 15) is 17.6 Å². The van der Waals surface area contributed by atoms with Crippen LogP contribution in [0.5, 0.6) is 0 Å². The maximum absolute atomic E-state index is 13.2. The third-order valence-electron chi connectivity index (χ3n) is 2.28. The second-order valence-electron chi connectivity index (χ2n) is 3.62. The first-order valence-corrected chi connectivity index (χ1v) is 4.45. The Morgan fingerprint density at radius 2 is 1.71 bits per heavy atom. The van der Waals surface area contributed by atoms with Crippen molar-refractivity contribution in [2.75, 3.05) is 0 Å². The fourth-order valence-corrected chi connectivity index (χ4v) is 1.66. The van der Waals surface area contributed by atoms with Crippen LogP contribution in [0.25, 0.3) is 0 Å². The predicted molar refractivity (Wildman–Crippen MR) is 43.4 cm³/mol. The van der Waals surface area contributed by atoms with Crippen LogP contribution in [0.1, 0.15) is 19.8 Å². The van der Waals surface area contributed by atoms with Crippen LogP contribution in [-0.4, -0.2) is 18.4 Å². The summed E-state index contributed by atoms with van der Waals surface area (Å²) in [6.07, 6.45) is -6.05. The Hall–Kier alpha value is -0.740. The normalized spacial score (nSPS) is 37.8. The van der Waals surface area contributed by atoms with Gasteiger partial charge in [0.1, 0.15) is 18.6 Å². The van der Waals surface area contributed by atoms with E-state index < -0.39 is 24.5 Å². The van der Waals surface area contributed by atoms with E-state index in [1.54, 1.807) is 6.92 Å². The molecule has 1 rings (SSSR count). The van der Waals surface area contributed by atoms with Crippen molar-refractivity contribution in [3.8, 4) is 0 Å². The fourth-order valence-electron chi connectivity index (χ4n) is 1.66. The lowest BCUT2D eigenvalue weighted by atomic mass is 9.86. The molecule has 0 heterocycles. The SMILES string of the molecule is CC1CC(F)C(OC=C(F)F)C(F)C1. The molecule has 0 aliphatic heterocycles. The summed E-state index contributed by atoms with van der Waals surface area (Å²) in [5, 5.41) is 0. The average Bonchev–Trinajstić information content (AvgIpc) is 2.01. The van der Waals surface area contributed by atoms with Gasteiger partial charge in [0.25, 0.3) is 0 Å². The van der Waals surface area contributed by atoms with Gasteiger partial charge in [0.15, 0.2) is 6.10 Å². The number of hydrogen-bond acceptors (Lipinski definition) is 1. The monoisotopic (exact) mass is 212 g/mol. The molecule has 14 heavy (non-hydrogen) atoms. The molecule has 0 saturated heterocycles. The molecule has 1 fully saturated rings. The van der Waals surface area contributed by atoms with Gasteiger partial charge in [-0.1, -0.05) is 6.92 Å². The molecule has 5 heteroatoms. The molecule has 1 aliphatic rings. The first-order valence-electron chi connectivity index (χ1n) is 4.45. The quantitative estimate of drug-likeness (QED) is 0.504. The molecule has 1 nitrogen and oxygen atoms in total. The smallest absolute Gasteiger partial charge is 0.304 e. The van der Waals surface area contributed by atoms with Crippen LogP contribution in [0.2, 0.25) is 0 Å². The highest BCUT2D eigenvalue weighted by Gasteiger charge is 2.38. The van der Waals surface area contributed by atoms with E-state index in [1.807, 2.05) is 0 Å². The summed E-state index contributed by atoms with van der Waals surface area (Å²) in [5.74, 6) is -0.0703. The number of hydrogen-bond donors (Lipinski definition) is 0. The average molecular weight is 212 g/mol. The Morgan fingerprint density at radius 3 is 2.14 bits per heavy atom. The van der Waals surface area contributed by atoms with Crippen LogP contribution >= 0.6 is 0 Å². The zero-order valence-electron chi connectivity index (χ0n) is 7.72. The van der Waals surface area contributed by atoms with Crippen molar-refractivity contribution in [1.82, 2.24) is 0 Å². The third-order valence-corrected chi connectivity index (χ3v) is 2.28. The van der Waals surface area contributed by atoms with Crippen molar-refractivity contribution >= 4 is 0 Å². The molecular weight excluding hydrogens is 200 g/mol. The molecular formula is C9H12F4O. The summed E-state index contributed by atoms with van der Waals surface area (Å²) < 4.78 is 53.9. The Morgan fingerprint density at radius 1 is 1.21 bits per heavy atom. The van der Waals surface area contributed by atoms with Gasteiger partial charge in [0, 0.05) is 0 Å². The van der Waals surface area contributed by atoms with Gasteiger partial charge >= 0.3 is 6.08 Å². The van der Waals surface area contributed by atoms with Gasteiger partial charge in [0.2, 0.25) is 0 Å². The molecule has 0 aromatic carbocycles. The predicted octanol–water partition coefficient (Wildman–Crippen LogP) is 3.22. The maximum Gasteiger partial charge on any atom is 0.304 e. The maximum atomic E-state index is 13.2. The van der Waals surface area contributed by atoms with Crippen molar-refractivity contribution in [2.45, 2.75) is 38.2 Å². The first kappa shape index (κ1) is 11.3. The third kappa shape index (κ3) is 2.89. The van der Waals surface area contributed by atoms with Crippen LogP contribution in [0.15, 0.2) is 12.3 Å². The van der Waals surface area contributed by atoms with Crippen LogP contribution in [0.4, 0.5) is 17.6 Å². The number of halogens is 4. The van der Waals surface area contributed by atoms with Gasteiger partial charge in [-0.25, -0.2) is 8.78 Å². The van der Waals surface area contributed by atoms with Crippen molar-refractivity contribution in [3.05, 3.63) is 12.3 Å². The summed E-state index contributed by atoms with van der Waals surface area (Å²) in [6.45, 7) is 1.72. The highest BCUT2D eigenvalue weighted by Crippen LogP contribution is 2.31. The minimum Gasteiger partial charge on any atom is -0.486 e. The first-order chi connectivity index (χ1) is 6.50. The highest BCUT2D eigenvalue weighted by molar-refractivity contribution is 4.88. The summed E-state index contributed by atoms with van der Waals surface area (Å²) in [4.78, 5) is 0. The Labute approximate surface area is 79.7 Å². The van der Waals surface area contributed by atoms with Gasteiger partial charge in [-0.05, 0) is 18.8 Å². The van der Waals surface area contributed by atoms with Gasteiger partial charge < -0.3 is 4.74 Å². The van der Waals surface area contributed by atoms with E-state index in [-0.39, 0.29) is 25.0 Å². The van der Waals surface area contributed by atoms with Gasteiger partial charge in [0.05, 0.1) is 0 Å². The molecule has 2 atom stereocenters. The van der Waals surface area contributed by atoms with Crippen LogP contribution < -0.4 is 0 Å². The second kappa shape index (κ2) is 4.66. The van der Waals surface area contributed by atoms with Crippen molar-refractivity contribution in [1.29, 1.82) is 0 Å². The van der Waals surface area contributed by atoms with Gasteiger partial charge in [-0.15, -0.1) is 0 Å². The molecule has 2 unspecified atom stereocenters. The molecule has 0 amide bonds. The molecule has 1 saturated carbocycles. The van der Waals surface area contributed by atoms with Crippen molar-refractivity contribution in [2.24, 2.45) is 5.92 Å². The Balaban J connectivity index is 2.54. The Bertz CT molecular complexity index is 203. The van der Waals surface area contributed by atoms with E-state index in [4.69, 9.17) is 0 Å². The molecule has 0 radical (unpaired) electrons. The minimum atomic E-state index is -2.08. The number of alkyl halides is 2. The van der Waals surface area contributed by atoms with E-state index in [0.29, 0.717) is 0 Å². The summed E-state index contributed by atoms with van der Waals surface area (Å²) in [6, 6.07) is 0. The van der Waals surface area contributed by atoms with Gasteiger partial charge in [-0.2, -0.15) is 8.78 Å². The molecule has 0 spiro atoms. The summed E-state index contributed by atoms with van der Waals surface area (Å²) in [7, 11) is 0. The molecule has 0 aromatic heterocycles. The van der Waals surface area contributed by atoms with E-state index >= 15 is 0 Å². The largest absolute Gasteiger partial charge is 0.486 e. The molecule has 0 N–H and O–H groups in total. The molecule has 82 valence electrons. The second-order valence-corrected chi connectivity index (χ2v) is 3.62. The lowest BCUT2D eigenvalue weighted by molar-refractivity contribution is -0.0436. The molecule has 0 bridgehead atoms. The van der Waals surface area contributed by atoms with Crippen molar-refractivity contribution < 1.29 is 22.3 Å². The van der Waals surface area contributed by atoms with Crippen molar-refractivity contribution in [3.63, 3.8) is 0 Å². The van der Waals surface area contributed by atoms with Crippen LogP contribution in [0, 0.1) is 5.92 Å². The van der Waals surface area contributed by atoms with Gasteiger partial charge in [-0.3, -0.25) is 0 Å². The zero-order chi connectivity index (χ0) is 10.7. The molecule has 1 aliphatic carbocycles. The molecule has 0 aromatic rings. The summed E-state index contributed by atoms with van der Waals surface area (Å²) in [5.41, 5.74) is 0. The number of ether oxygens (including phenoxy) is 1. The zero-order valence-corrected chi connectivity index (χ0v) is 7.72. The number of rotatable bonds is 2. The Kier molecular flexibility index (Phi) is 3.77. The minimum absolute atomic E-state index is 0.0703.